The molecule has 0 spiro atoms. The third-order valence-corrected chi connectivity index (χ3v) is 4.52. The molecular formula is C20H19F2NO3. The normalized spacial score (nSPS) is 16.9. The van der Waals surface area contributed by atoms with E-state index >= 15 is 0 Å². The maximum Gasteiger partial charge on any atom is 0.258 e. The zero-order chi connectivity index (χ0) is 18.8. The molecule has 1 amide bonds. The summed E-state index contributed by atoms with van der Waals surface area (Å²) in [6.07, 6.45) is 0.237. The molecule has 0 saturated heterocycles. The van der Waals surface area contributed by atoms with Crippen molar-refractivity contribution in [1.29, 1.82) is 0 Å². The Labute approximate surface area is 150 Å². The average molecular weight is 359 g/mol. The number of carbonyl (C=O) groups is 2. The van der Waals surface area contributed by atoms with Crippen LogP contribution in [-0.4, -0.2) is 18.3 Å². The zero-order valence-electron chi connectivity index (χ0n) is 14.5. The van der Waals surface area contributed by atoms with Gasteiger partial charge in [0.1, 0.15) is 17.4 Å². The average Bonchev–Trinajstić information content (AvgIpc) is 2.90. The molecule has 1 aliphatic rings. The van der Waals surface area contributed by atoms with Crippen molar-refractivity contribution < 1.29 is 23.1 Å². The number of hydrogen-bond donors (Lipinski definition) is 1. The van der Waals surface area contributed by atoms with Crippen LogP contribution in [0.5, 0.6) is 5.75 Å². The predicted octanol–water partition coefficient (Wildman–Crippen LogP) is 3.91. The Kier molecular flexibility index (Phi) is 5.02. The van der Waals surface area contributed by atoms with Gasteiger partial charge in [0.2, 0.25) is 0 Å². The number of amides is 1. The molecule has 2 atom stereocenters. The largest absolute Gasteiger partial charge is 0.483 e. The van der Waals surface area contributed by atoms with E-state index in [1.807, 2.05) is 0 Å². The van der Waals surface area contributed by atoms with Crippen LogP contribution in [0.25, 0.3) is 0 Å². The summed E-state index contributed by atoms with van der Waals surface area (Å²) < 4.78 is 32.4. The van der Waals surface area contributed by atoms with Crippen molar-refractivity contribution in [3.63, 3.8) is 0 Å². The number of rotatable bonds is 5. The van der Waals surface area contributed by atoms with E-state index in [1.165, 1.54) is 24.3 Å². The van der Waals surface area contributed by atoms with E-state index in [1.54, 1.807) is 26.0 Å². The number of ether oxygens (including phenoxy) is 1. The van der Waals surface area contributed by atoms with Crippen LogP contribution in [-0.2, 0) is 4.79 Å². The van der Waals surface area contributed by atoms with E-state index < -0.39 is 11.7 Å². The second-order valence-electron chi connectivity index (χ2n) is 6.49. The first-order chi connectivity index (χ1) is 12.4. The van der Waals surface area contributed by atoms with Crippen LogP contribution in [0.15, 0.2) is 36.4 Å². The van der Waals surface area contributed by atoms with Crippen LogP contribution in [0, 0.1) is 11.6 Å². The first kappa shape index (κ1) is 18.0. The van der Waals surface area contributed by atoms with Crippen LogP contribution in [0.1, 0.15) is 53.7 Å². The SMILES string of the molecule is C[C@@H]1CC(=O)c2c(OCC(=O)N[C@@H](C)c3ccc(F)cc3)ccc(F)c21. The molecule has 1 aliphatic carbocycles. The smallest absolute Gasteiger partial charge is 0.258 e. The minimum absolute atomic E-state index is 0.179. The second-order valence-corrected chi connectivity index (χ2v) is 6.49. The van der Waals surface area contributed by atoms with Gasteiger partial charge in [0.15, 0.2) is 12.4 Å². The summed E-state index contributed by atoms with van der Waals surface area (Å²) in [4.78, 5) is 24.2. The quantitative estimate of drug-likeness (QED) is 0.881. The molecular weight excluding hydrogens is 340 g/mol. The molecule has 0 unspecified atom stereocenters. The highest BCUT2D eigenvalue weighted by molar-refractivity contribution is 6.03. The number of benzene rings is 2. The molecule has 0 saturated carbocycles. The maximum absolute atomic E-state index is 14.0. The Morgan fingerprint density at radius 2 is 1.92 bits per heavy atom. The fourth-order valence-corrected chi connectivity index (χ4v) is 3.21. The first-order valence-corrected chi connectivity index (χ1v) is 8.40. The molecule has 136 valence electrons. The summed E-state index contributed by atoms with van der Waals surface area (Å²) in [5.41, 5.74) is 1.34. The van der Waals surface area contributed by atoms with Crippen LogP contribution in [0.3, 0.4) is 0 Å². The summed E-state index contributed by atoms with van der Waals surface area (Å²) >= 11 is 0. The van der Waals surface area contributed by atoms with Gasteiger partial charge in [-0.3, -0.25) is 9.59 Å². The lowest BCUT2D eigenvalue weighted by atomic mass is 10.0. The van der Waals surface area contributed by atoms with Gasteiger partial charge in [0, 0.05) is 12.0 Å². The van der Waals surface area contributed by atoms with E-state index in [-0.39, 0.29) is 47.9 Å². The van der Waals surface area contributed by atoms with Crippen molar-refractivity contribution in [2.45, 2.75) is 32.2 Å². The number of hydrogen-bond acceptors (Lipinski definition) is 3. The standard InChI is InChI=1S/C20H19F2NO3/c1-11-9-16(24)20-17(8-7-15(22)19(11)20)26-10-18(25)23-12(2)13-3-5-14(21)6-4-13/h3-8,11-12H,9-10H2,1-2H3,(H,23,25)/t11-,12+/m1/s1. The monoisotopic (exact) mass is 359 g/mol. The van der Waals surface area contributed by atoms with Crippen molar-refractivity contribution in [2.75, 3.05) is 6.61 Å². The van der Waals surface area contributed by atoms with E-state index in [9.17, 15) is 18.4 Å². The van der Waals surface area contributed by atoms with Crippen LogP contribution >= 0.6 is 0 Å². The van der Waals surface area contributed by atoms with Gasteiger partial charge in [-0.1, -0.05) is 19.1 Å². The van der Waals surface area contributed by atoms with E-state index in [0.29, 0.717) is 5.56 Å². The third-order valence-electron chi connectivity index (χ3n) is 4.52. The van der Waals surface area contributed by atoms with E-state index in [4.69, 9.17) is 4.74 Å². The maximum atomic E-state index is 14.0. The van der Waals surface area contributed by atoms with Crippen molar-refractivity contribution in [3.8, 4) is 5.75 Å². The summed E-state index contributed by atoms with van der Waals surface area (Å²) in [7, 11) is 0. The molecule has 0 aromatic heterocycles. The van der Waals surface area contributed by atoms with Gasteiger partial charge >= 0.3 is 0 Å². The van der Waals surface area contributed by atoms with Crippen molar-refractivity contribution in [2.24, 2.45) is 0 Å². The van der Waals surface area contributed by atoms with Gasteiger partial charge in [-0.15, -0.1) is 0 Å². The van der Waals surface area contributed by atoms with Gasteiger partial charge in [-0.05, 0) is 42.7 Å². The summed E-state index contributed by atoms with van der Waals surface area (Å²) in [6.45, 7) is 3.25. The predicted molar refractivity (Wildman–Crippen MR) is 92.2 cm³/mol. The molecule has 0 heterocycles. The van der Waals surface area contributed by atoms with Crippen molar-refractivity contribution in [3.05, 3.63) is 64.7 Å². The Balaban J connectivity index is 1.65. The van der Waals surface area contributed by atoms with Gasteiger partial charge in [-0.2, -0.15) is 0 Å². The number of nitrogens with one attached hydrogen (secondary N) is 1. The summed E-state index contributed by atoms with van der Waals surface area (Å²) in [6, 6.07) is 8.13. The third kappa shape index (κ3) is 3.59. The Morgan fingerprint density at radius 3 is 2.62 bits per heavy atom. The highest BCUT2D eigenvalue weighted by Crippen LogP contribution is 2.39. The number of carbonyl (C=O) groups excluding carboxylic acids is 2. The van der Waals surface area contributed by atoms with Crippen molar-refractivity contribution in [1.82, 2.24) is 5.32 Å². The van der Waals surface area contributed by atoms with Crippen LogP contribution in [0.2, 0.25) is 0 Å². The van der Waals surface area contributed by atoms with Gasteiger partial charge < -0.3 is 10.1 Å². The zero-order valence-corrected chi connectivity index (χ0v) is 14.5. The Hall–Kier alpha value is -2.76. The highest BCUT2D eigenvalue weighted by atomic mass is 19.1. The number of ketones is 1. The number of Topliss-reactive ketones (excluding diaryl/α,β-unsaturated/α-hetero) is 1. The van der Waals surface area contributed by atoms with Crippen LogP contribution in [0.4, 0.5) is 8.78 Å². The molecule has 6 heteroatoms. The minimum atomic E-state index is -0.430. The molecule has 0 fully saturated rings. The second kappa shape index (κ2) is 7.23. The molecule has 2 aromatic rings. The van der Waals surface area contributed by atoms with Crippen LogP contribution < -0.4 is 10.1 Å². The van der Waals surface area contributed by atoms with Gasteiger partial charge in [0.25, 0.3) is 5.91 Å². The topological polar surface area (TPSA) is 55.4 Å². The molecule has 26 heavy (non-hydrogen) atoms. The van der Waals surface area contributed by atoms with Gasteiger partial charge in [0.05, 0.1) is 11.6 Å². The molecule has 3 rings (SSSR count). The Morgan fingerprint density at radius 1 is 1.23 bits per heavy atom. The summed E-state index contributed by atoms with van der Waals surface area (Å²) in [5.74, 6) is -1.33. The molecule has 2 aromatic carbocycles. The lowest BCUT2D eigenvalue weighted by Gasteiger charge is -2.16. The summed E-state index contributed by atoms with van der Waals surface area (Å²) in [5, 5.41) is 2.74. The Bertz CT molecular complexity index is 849. The van der Waals surface area contributed by atoms with E-state index in [2.05, 4.69) is 5.32 Å². The minimum Gasteiger partial charge on any atom is -0.483 e. The lowest BCUT2D eigenvalue weighted by Crippen LogP contribution is -2.31. The number of halogens is 2. The van der Waals surface area contributed by atoms with Crippen molar-refractivity contribution >= 4 is 11.7 Å². The molecule has 4 nitrogen and oxygen atoms in total. The van der Waals surface area contributed by atoms with E-state index in [0.717, 1.165) is 5.56 Å². The molecule has 0 radical (unpaired) electrons. The fourth-order valence-electron chi connectivity index (χ4n) is 3.21. The highest BCUT2D eigenvalue weighted by Gasteiger charge is 2.32. The molecule has 0 aliphatic heterocycles. The first-order valence-electron chi connectivity index (χ1n) is 8.40. The molecule has 0 bridgehead atoms. The number of fused-ring (bicyclic) bond motifs is 1. The van der Waals surface area contributed by atoms with Gasteiger partial charge in [-0.25, -0.2) is 8.78 Å². The molecule has 1 N–H and O–H groups in total. The fraction of sp³-hybridized carbons (Fsp3) is 0.300. The lowest BCUT2D eigenvalue weighted by molar-refractivity contribution is -0.123.